The molecule has 3 aromatic carbocycles. The van der Waals surface area contributed by atoms with Crippen LogP contribution in [0.2, 0.25) is 0 Å². The average molecular weight is 527 g/mol. The number of ether oxygens (including phenoxy) is 3. The molecule has 1 saturated heterocycles. The zero-order valence-corrected chi connectivity index (χ0v) is 22.5. The molecule has 2 aliphatic heterocycles. The molecule has 1 fully saturated rings. The Bertz CT molecular complexity index is 1510. The highest BCUT2D eigenvalue weighted by molar-refractivity contribution is 6.07. The Morgan fingerprint density at radius 1 is 1.08 bits per heavy atom. The van der Waals surface area contributed by atoms with Crippen LogP contribution in [0.4, 0.5) is 0 Å². The number of hydrogen-bond acceptors (Lipinski definition) is 7. The number of nitrogens with zero attached hydrogens (tertiary/aromatic N) is 3. The van der Waals surface area contributed by atoms with E-state index in [0.717, 1.165) is 90.1 Å². The molecule has 8 nitrogen and oxygen atoms in total. The van der Waals surface area contributed by atoms with Crippen LogP contribution in [0, 0.1) is 0 Å². The zero-order chi connectivity index (χ0) is 26.8. The molecule has 8 heteroatoms. The second kappa shape index (κ2) is 11.1. The maximum absolute atomic E-state index is 12.3. The number of nitrogens with one attached hydrogen (secondary N) is 1. The van der Waals surface area contributed by atoms with Crippen LogP contribution in [0.3, 0.4) is 0 Å². The van der Waals surface area contributed by atoms with Gasteiger partial charge in [0.1, 0.15) is 11.5 Å². The molecule has 0 saturated carbocycles. The fourth-order valence-electron chi connectivity index (χ4n) is 5.49. The van der Waals surface area contributed by atoms with Gasteiger partial charge < -0.3 is 29.3 Å². The number of amides is 1. The number of pyridine rings is 1. The number of carbonyl (C=O) groups is 1. The molecule has 0 spiro atoms. The third-order valence-corrected chi connectivity index (χ3v) is 7.63. The Labute approximate surface area is 228 Å². The fraction of sp³-hybridized carbons (Fsp3) is 0.355. The molecule has 0 bridgehead atoms. The minimum atomic E-state index is -0.109. The molecule has 0 unspecified atom stereocenters. The Balaban J connectivity index is 1.23. The van der Waals surface area contributed by atoms with Gasteiger partial charge >= 0.3 is 0 Å². The van der Waals surface area contributed by atoms with Crippen LogP contribution in [0.25, 0.3) is 21.7 Å². The molecule has 4 aromatic rings. The number of benzene rings is 3. The maximum atomic E-state index is 12.3. The second-order valence-electron chi connectivity index (χ2n) is 10.2. The second-order valence-corrected chi connectivity index (χ2v) is 10.2. The van der Waals surface area contributed by atoms with Crippen molar-refractivity contribution in [2.75, 3.05) is 60.0 Å². The van der Waals surface area contributed by atoms with E-state index in [1.54, 1.807) is 13.2 Å². The monoisotopic (exact) mass is 526 g/mol. The van der Waals surface area contributed by atoms with Gasteiger partial charge in [-0.15, -0.1) is 0 Å². The minimum absolute atomic E-state index is 0.109. The molecule has 39 heavy (non-hydrogen) atoms. The number of rotatable bonds is 8. The highest BCUT2D eigenvalue weighted by atomic mass is 16.5. The van der Waals surface area contributed by atoms with Crippen molar-refractivity contribution < 1.29 is 19.0 Å². The number of piperazine rings is 1. The van der Waals surface area contributed by atoms with Gasteiger partial charge in [0.2, 0.25) is 0 Å². The molecule has 0 radical (unpaired) electrons. The zero-order valence-electron chi connectivity index (χ0n) is 22.5. The largest absolute Gasteiger partial charge is 0.490 e. The van der Waals surface area contributed by atoms with Gasteiger partial charge in [0.05, 0.1) is 24.1 Å². The summed E-state index contributed by atoms with van der Waals surface area (Å²) in [5.74, 6) is 2.87. The van der Waals surface area contributed by atoms with E-state index in [1.807, 2.05) is 48.5 Å². The summed E-state index contributed by atoms with van der Waals surface area (Å²) in [7, 11) is 3.82. The van der Waals surface area contributed by atoms with Crippen LogP contribution in [-0.4, -0.2) is 80.7 Å². The molecule has 202 valence electrons. The normalized spacial score (nSPS) is 15.7. The van der Waals surface area contributed by atoms with Crippen molar-refractivity contribution in [3.05, 3.63) is 65.9 Å². The summed E-state index contributed by atoms with van der Waals surface area (Å²) in [6.45, 7) is 6.77. The lowest BCUT2D eigenvalue weighted by atomic mass is 10.0. The molecule has 0 atom stereocenters. The molecular weight excluding hydrogens is 492 g/mol. The Hall–Kier alpha value is -3.88. The van der Waals surface area contributed by atoms with E-state index in [1.165, 1.54) is 0 Å². The van der Waals surface area contributed by atoms with Crippen molar-refractivity contribution in [3.63, 3.8) is 0 Å². The van der Waals surface area contributed by atoms with Gasteiger partial charge in [-0.1, -0.05) is 12.1 Å². The first-order valence-corrected chi connectivity index (χ1v) is 13.6. The van der Waals surface area contributed by atoms with E-state index < -0.39 is 0 Å². The Kier molecular flexibility index (Phi) is 7.22. The Morgan fingerprint density at radius 2 is 1.95 bits per heavy atom. The SMILES string of the molecule is CNC(=O)c1cccc2cc(Oc3ccnc4cc(OCCCN5CCN(C)CC5)c5c(c34)CCO5)ccc12. The first-order chi connectivity index (χ1) is 19.1. The van der Waals surface area contributed by atoms with Crippen LogP contribution in [0.15, 0.2) is 54.7 Å². The van der Waals surface area contributed by atoms with E-state index in [0.29, 0.717) is 24.5 Å². The summed E-state index contributed by atoms with van der Waals surface area (Å²) in [4.78, 5) is 21.8. The van der Waals surface area contributed by atoms with E-state index in [9.17, 15) is 4.79 Å². The number of likely N-dealkylation sites (N-methyl/N-ethyl adjacent to an activating group) is 1. The molecule has 0 aliphatic carbocycles. The summed E-state index contributed by atoms with van der Waals surface area (Å²) in [5, 5.41) is 5.48. The quantitative estimate of drug-likeness (QED) is 0.339. The predicted molar refractivity (Wildman–Crippen MR) is 152 cm³/mol. The average Bonchev–Trinajstić information content (AvgIpc) is 3.46. The summed E-state index contributed by atoms with van der Waals surface area (Å²) >= 11 is 0. The van der Waals surface area contributed by atoms with Crippen LogP contribution in [-0.2, 0) is 6.42 Å². The van der Waals surface area contributed by atoms with E-state index in [2.05, 4.69) is 27.1 Å². The van der Waals surface area contributed by atoms with Crippen molar-refractivity contribution in [1.29, 1.82) is 0 Å². The molecule has 1 aromatic heterocycles. The molecule has 1 amide bonds. The van der Waals surface area contributed by atoms with Crippen molar-refractivity contribution in [2.45, 2.75) is 12.8 Å². The summed E-state index contributed by atoms with van der Waals surface area (Å²) in [6, 6.07) is 15.3. The van der Waals surface area contributed by atoms with Crippen molar-refractivity contribution >= 4 is 27.6 Å². The maximum Gasteiger partial charge on any atom is 0.251 e. The molecule has 3 heterocycles. The lowest BCUT2D eigenvalue weighted by molar-refractivity contribution is 0.0964. The lowest BCUT2D eigenvalue weighted by Crippen LogP contribution is -2.44. The summed E-state index contributed by atoms with van der Waals surface area (Å²) in [5.41, 5.74) is 2.54. The third-order valence-electron chi connectivity index (χ3n) is 7.63. The van der Waals surface area contributed by atoms with Gasteiger partial charge in [0, 0.05) is 69.6 Å². The van der Waals surface area contributed by atoms with Gasteiger partial charge in [-0.05, 0) is 54.6 Å². The molecule has 6 rings (SSSR count). The van der Waals surface area contributed by atoms with Crippen LogP contribution < -0.4 is 19.5 Å². The van der Waals surface area contributed by atoms with Crippen LogP contribution in [0.5, 0.6) is 23.0 Å². The van der Waals surface area contributed by atoms with Gasteiger partial charge in [0.25, 0.3) is 5.91 Å². The molecular formula is C31H34N4O4. The first-order valence-electron chi connectivity index (χ1n) is 13.6. The van der Waals surface area contributed by atoms with E-state index in [4.69, 9.17) is 14.2 Å². The van der Waals surface area contributed by atoms with Crippen molar-refractivity contribution in [2.24, 2.45) is 0 Å². The standard InChI is InChI=1S/C31H34N4O4/c1-32-31(36)24-6-3-5-21-19-22(7-8-23(21)24)39-27-9-11-33-26-20-28(30-25(29(26)27)10-18-38-30)37-17-4-12-35-15-13-34(2)14-16-35/h3,5-9,11,19-20H,4,10,12-18H2,1-2H3,(H,32,36). The minimum Gasteiger partial charge on any atom is -0.490 e. The van der Waals surface area contributed by atoms with Crippen molar-refractivity contribution in [3.8, 4) is 23.0 Å². The predicted octanol–water partition coefficient (Wildman–Crippen LogP) is 4.49. The number of aromatic nitrogens is 1. The number of hydrogen-bond donors (Lipinski definition) is 1. The van der Waals surface area contributed by atoms with Crippen LogP contribution in [0.1, 0.15) is 22.3 Å². The van der Waals surface area contributed by atoms with Crippen molar-refractivity contribution in [1.82, 2.24) is 20.1 Å². The van der Waals surface area contributed by atoms with E-state index >= 15 is 0 Å². The third kappa shape index (κ3) is 5.22. The van der Waals surface area contributed by atoms with Gasteiger partial charge in [-0.3, -0.25) is 9.78 Å². The fourth-order valence-corrected chi connectivity index (χ4v) is 5.49. The van der Waals surface area contributed by atoms with Gasteiger partial charge in [0.15, 0.2) is 11.5 Å². The van der Waals surface area contributed by atoms with Gasteiger partial charge in [-0.2, -0.15) is 0 Å². The number of carbonyl (C=O) groups excluding carboxylic acids is 1. The lowest BCUT2D eigenvalue weighted by Gasteiger charge is -2.32. The smallest absolute Gasteiger partial charge is 0.251 e. The molecule has 2 aliphatic rings. The van der Waals surface area contributed by atoms with Gasteiger partial charge in [-0.25, -0.2) is 0 Å². The topological polar surface area (TPSA) is 76.2 Å². The highest BCUT2D eigenvalue weighted by Crippen LogP contribution is 2.44. The van der Waals surface area contributed by atoms with Crippen LogP contribution >= 0.6 is 0 Å². The summed E-state index contributed by atoms with van der Waals surface area (Å²) in [6.07, 6.45) is 3.51. The highest BCUT2D eigenvalue weighted by Gasteiger charge is 2.24. The Morgan fingerprint density at radius 3 is 2.79 bits per heavy atom. The summed E-state index contributed by atoms with van der Waals surface area (Å²) < 4.78 is 18.7. The molecule has 1 N–H and O–H groups in total. The van der Waals surface area contributed by atoms with E-state index in [-0.39, 0.29) is 5.91 Å². The number of fused-ring (bicyclic) bond motifs is 4. The first kappa shape index (κ1) is 25.4.